The van der Waals surface area contributed by atoms with E-state index in [4.69, 9.17) is 5.73 Å². The zero-order valence-corrected chi connectivity index (χ0v) is 11.1. The van der Waals surface area contributed by atoms with Crippen LogP contribution in [-0.2, 0) is 19.6 Å². The largest absolute Gasteiger partial charge is 0.416 e. The molecular formula is C14H16F3N3. The molecule has 0 amide bonds. The third-order valence-electron chi connectivity index (χ3n) is 3.95. The molecular weight excluding hydrogens is 267 g/mol. The number of hydrogen-bond donors (Lipinski definition) is 1. The Labute approximate surface area is 114 Å². The Morgan fingerprint density at radius 2 is 2.10 bits per heavy atom. The van der Waals surface area contributed by atoms with Crippen molar-refractivity contribution >= 4 is 11.0 Å². The van der Waals surface area contributed by atoms with Crippen LogP contribution in [0.15, 0.2) is 18.2 Å². The predicted molar refractivity (Wildman–Crippen MR) is 70.1 cm³/mol. The Kier molecular flexibility index (Phi) is 3.01. The van der Waals surface area contributed by atoms with E-state index in [1.807, 2.05) is 11.6 Å². The number of halogens is 3. The van der Waals surface area contributed by atoms with Crippen molar-refractivity contribution in [3.8, 4) is 0 Å². The lowest BCUT2D eigenvalue weighted by molar-refractivity contribution is -0.137. The Hall–Kier alpha value is -1.56. The maximum atomic E-state index is 12.7. The topological polar surface area (TPSA) is 43.8 Å². The van der Waals surface area contributed by atoms with E-state index in [1.165, 1.54) is 6.07 Å². The summed E-state index contributed by atoms with van der Waals surface area (Å²) >= 11 is 0. The van der Waals surface area contributed by atoms with Gasteiger partial charge in [-0.25, -0.2) is 4.98 Å². The third-order valence-corrected chi connectivity index (χ3v) is 3.95. The molecule has 1 unspecified atom stereocenters. The Morgan fingerprint density at radius 3 is 2.70 bits per heavy atom. The Balaban J connectivity index is 1.96. The van der Waals surface area contributed by atoms with Crippen LogP contribution in [0.25, 0.3) is 11.0 Å². The molecule has 1 saturated carbocycles. The first kappa shape index (κ1) is 13.4. The highest BCUT2D eigenvalue weighted by Gasteiger charge is 2.32. The lowest BCUT2D eigenvalue weighted by atomic mass is 10.1. The highest BCUT2D eigenvalue weighted by Crippen LogP contribution is 2.34. The molecule has 1 heterocycles. The first-order chi connectivity index (χ1) is 9.36. The van der Waals surface area contributed by atoms with E-state index in [1.54, 1.807) is 0 Å². The van der Waals surface area contributed by atoms with Gasteiger partial charge in [0.25, 0.3) is 0 Å². The van der Waals surface area contributed by atoms with Gasteiger partial charge in [-0.2, -0.15) is 13.2 Å². The second-order valence-electron chi connectivity index (χ2n) is 5.49. The number of alkyl halides is 3. The van der Waals surface area contributed by atoms with Crippen molar-refractivity contribution < 1.29 is 13.2 Å². The van der Waals surface area contributed by atoms with Gasteiger partial charge in [-0.15, -0.1) is 0 Å². The van der Waals surface area contributed by atoms with Crippen molar-refractivity contribution in [2.45, 2.75) is 31.5 Å². The molecule has 0 spiro atoms. The first-order valence-corrected chi connectivity index (χ1v) is 6.64. The number of imidazole rings is 1. The van der Waals surface area contributed by atoms with Gasteiger partial charge in [-0.1, -0.05) is 0 Å². The zero-order valence-electron chi connectivity index (χ0n) is 11.1. The molecule has 3 rings (SSSR count). The molecule has 1 fully saturated rings. The van der Waals surface area contributed by atoms with Crippen molar-refractivity contribution in [1.29, 1.82) is 0 Å². The molecule has 0 bridgehead atoms. The monoisotopic (exact) mass is 283 g/mol. The molecule has 0 radical (unpaired) electrons. The molecule has 6 heteroatoms. The Bertz CT molecular complexity index is 641. The maximum Gasteiger partial charge on any atom is 0.416 e. The summed E-state index contributed by atoms with van der Waals surface area (Å²) in [7, 11) is 1.82. The lowest BCUT2D eigenvalue weighted by Crippen LogP contribution is -2.26. The number of hydrogen-bond acceptors (Lipinski definition) is 2. The fourth-order valence-corrected chi connectivity index (χ4v) is 2.51. The number of fused-ring (bicyclic) bond motifs is 1. The summed E-state index contributed by atoms with van der Waals surface area (Å²) in [6.07, 6.45) is -1.44. The maximum absolute atomic E-state index is 12.7. The summed E-state index contributed by atoms with van der Waals surface area (Å²) in [5.74, 6) is 1.29. The molecule has 2 aromatic rings. The molecule has 20 heavy (non-hydrogen) atoms. The van der Waals surface area contributed by atoms with Gasteiger partial charge in [-0.3, -0.25) is 0 Å². The molecule has 1 aromatic heterocycles. The van der Waals surface area contributed by atoms with Crippen molar-refractivity contribution in [3.63, 3.8) is 0 Å². The standard InChI is InChI=1S/C14H16F3N3/c1-20-12-5-4-9(14(15,16)17)6-11(12)19-13(20)7-10(18)8-2-3-8/h4-6,8,10H,2-3,7,18H2,1H3. The molecule has 2 N–H and O–H groups in total. The minimum atomic E-state index is -4.34. The summed E-state index contributed by atoms with van der Waals surface area (Å²) in [6, 6.07) is 3.71. The number of nitrogens with two attached hydrogens (primary N) is 1. The van der Waals surface area contributed by atoms with Gasteiger partial charge in [0.1, 0.15) is 5.82 Å². The van der Waals surface area contributed by atoms with Gasteiger partial charge in [0.15, 0.2) is 0 Å². The van der Waals surface area contributed by atoms with Crippen molar-refractivity contribution in [2.75, 3.05) is 0 Å². The average molecular weight is 283 g/mol. The summed E-state index contributed by atoms with van der Waals surface area (Å²) in [4.78, 5) is 4.32. The quantitative estimate of drug-likeness (QED) is 0.941. The Morgan fingerprint density at radius 1 is 1.40 bits per heavy atom. The minimum absolute atomic E-state index is 0.0487. The number of rotatable bonds is 3. The van der Waals surface area contributed by atoms with E-state index in [0.717, 1.165) is 30.8 Å². The smallest absolute Gasteiger partial charge is 0.331 e. The van der Waals surface area contributed by atoms with Crippen LogP contribution in [0.5, 0.6) is 0 Å². The van der Waals surface area contributed by atoms with Crippen LogP contribution in [0.4, 0.5) is 13.2 Å². The summed E-state index contributed by atoms with van der Waals surface area (Å²) < 4.78 is 39.9. The number of benzene rings is 1. The second kappa shape index (κ2) is 4.48. The van der Waals surface area contributed by atoms with Gasteiger partial charge in [-0.05, 0) is 37.0 Å². The van der Waals surface area contributed by atoms with Gasteiger partial charge in [0.05, 0.1) is 16.6 Å². The number of aryl methyl sites for hydroxylation is 1. The molecule has 0 aliphatic heterocycles. The second-order valence-corrected chi connectivity index (χ2v) is 5.49. The fraction of sp³-hybridized carbons (Fsp3) is 0.500. The van der Waals surface area contributed by atoms with Crippen molar-refractivity contribution in [1.82, 2.24) is 9.55 Å². The molecule has 0 saturated heterocycles. The van der Waals surface area contributed by atoms with Crippen LogP contribution in [0.2, 0.25) is 0 Å². The molecule has 1 aliphatic rings. The first-order valence-electron chi connectivity index (χ1n) is 6.64. The fourth-order valence-electron chi connectivity index (χ4n) is 2.51. The van der Waals surface area contributed by atoms with E-state index in [-0.39, 0.29) is 6.04 Å². The van der Waals surface area contributed by atoms with Crippen LogP contribution in [0, 0.1) is 5.92 Å². The summed E-state index contributed by atoms with van der Waals surface area (Å²) in [5, 5.41) is 0. The molecule has 108 valence electrons. The molecule has 1 aromatic carbocycles. The summed E-state index contributed by atoms with van der Waals surface area (Å²) in [5.41, 5.74) is 6.48. The van der Waals surface area contributed by atoms with E-state index in [9.17, 15) is 13.2 Å². The average Bonchev–Trinajstić information content (AvgIpc) is 3.16. The van der Waals surface area contributed by atoms with E-state index >= 15 is 0 Å². The number of aromatic nitrogens is 2. The van der Waals surface area contributed by atoms with E-state index < -0.39 is 11.7 Å². The van der Waals surface area contributed by atoms with Gasteiger partial charge in [0.2, 0.25) is 0 Å². The van der Waals surface area contributed by atoms with Crippen LogP contribution in [0.3, 0.4) is 0 Å². The van der Waals surface area contributed by atoms with Crippen LogP contribution in [0.1, 0.15) is 24.2 Å². The van der Waals surface area contributed by atoms with Crippen LogP contribution >= 0.6 is 0 Å². The molecule has 3 nitrogen and oxygen atoms in total. The van der Waals surface area contributed by atoms with E-state index in [0.29, 0.717) is 23.4 Å². The third kappa shape index (κ3) is 2.40. The minimum Gasteiger partial charge on any atom is -0.331 e. The van der Waals surface area contributed by atoms with Gasteiger partial charge >= 0.3 is 6.18 Å². The normalized spacial score (nSPS) is 17.6. The van der Waals surface area contributed by atoms with Gasteiger partial charge in [0, 0.05) is 19.5 Å². The predicted octanol–water partition coefficient (Wildman–Crippen LogP) is 2.87. The summed E-state index contributed by atoms with van der Waals surface area (Å²) in [6.45, 7) is 0. The van der Waals surface area contributed by atoms with Gasteiger partial charge < -0.3 is 10.3 Å². The SMILES string of the molecule is Cn1c(CC(N)C2CC2)nc2cc(C(F)(F)F)ccc21. The van der Waals surface area contributed by atoms with E-state index in [2.05, 4.69) is 4.98 Å². The van der Waals surface area contributed by atoms with Crippen molar-refractivity contribution in [3.05, 3.63) is 29.6 Å². The van der Waals surface area contributed by atoms with Crippen LogP contribution in [-0.4, -0.2) is 15.6 Å². The lowest BCUT2D eigenvalue weighted by Gasteiger charge is -2.09. The van der Waals surface area contributed by atoms with Crippen molar-refractivity contribution in [2.24, 2.45) is 18.7 Å². The highest BCUT2D eigenvalue weighted by atomic mass is 19.4. The molecule has 1 atom stereocenters. The molecule has 1 aliphatic carbocycles. The number of nitrogens with zero attached hydrogens (tertiary/aromatic N) is 2. The highest BCUT2D eigenvalue weighted by molar-refractivity contribution is 5.77. The zero-order chi connectivity index (χ0) is 14.5. The van der Waals surface area contributed by atoms with Crippen LogP contribution < -0.4 is 5.73 Å².